The second-order valence-corrected chi connectivity index (χ2v) is 4.93. The minimum atomic E-state index is -0.391. The molecule has 0 unspecified atom stereocenters. The molecule has 1 atom stereocenters. The molecule has 112 valence electrons. The topological polar surface area (TPSA) is 46.4 Å². The highest BCUT2D eigenvalue weighted by atomic mass is 32.1. The lowest BCUT2D eigenvalue weighted by Crippen LogP contribution is -2.36. The Morgan fingerprint density at radius 2 is 2.24 bits per heavy atom. The highest BCUT2D eigenvalue weighted by Crippen LogP contribution is 2.21. The zero-order chi connectivity index (χ0) is 15.2. The van der Waals surface area contributed by atoms with Crippen LogP contribution in [0.2, 0.25) is 0 Å². The predicted octanol–water partition coefficient (Wildman–Crippen LogP) is 3.15. The van der Waals surface area contributed by atoms with E-state index in [2.05, 4.69) is 10.6 Å². The van der Waals surface area contributed by atoms with Gasteiger partial charge in [-0.1, -0.05) is 6.07 Å². The molecule has 0 spiro atoms. The third-order valence-electron chi connectivity index (χ3n) is 3.03. The van der Waals surface area contributed by atoms with Crippen LogP contribution in [0.1, 0.15) is 24.3 Å². The van der Waals surface area contributed by atoms with E-state index in [-0.39, 0.29) is 11.8 Å². The van der Waals surface area contributed by atoms with Gasteiger partial charge in [-0.15, -0.1) is 0 Å². The number of benzene rings is 1. The standard InChI is InChI=1S/C15H17FN2O2S/c1-10(11-5-6-14(19-2)13(16)8-11)18-15(21)17-9-12-4-3-7-20-12/h3-8,10H,9H2,1-2H3,(H2,17,18,21)/t10-/m1/s1. The van der Waals surface area contributed by atoms with Crippen molar-refractivity contribution in [1.29, 1.82) is 0 Å². The normalized spacial score (nSPS) is 11.8. The zero-order valence-electron chi connectivity index (χ0n) is 11.9. The number of thiocarbonyl (C=S) groups is 1. The van der Waals surface area contributed by atoms with Crippen LogP contribution in [0.5, 0.6) is 5.75 Å². The number of methoxy groups -OCH3 is 1. The molecule has 0 aliphatic heterocycles. The van der Waals surface area contributed by atoms with Crippen molar-refractivity contribution in [3.63, 3.8) is 0 Å². The third kappa shape index (κ3) is 4.19. The van der Waals surface area contributed by atoms with Crippen LogP contribution < -0.4 is 15.4 Å². The Morgan fingerprint density at radius 3 is 2.86 bits per heavy atom. The molecule has 1 heterocycles. The van der Waals surface area contributed by atoms with Crippen molar-refractivity contribution in [3.8, 4) is 5.75 Å². The molecule has 0 saturated heterocycles. The van der Waals surface area contributed by atoms with Crippen LogP contribution in [0.25, 0.3) is 0 Å². The van der Waals surface area contributed by atoms with Gasteiger partial charge in [0.1, 0.15) is 5.76 Å². The first-order valence-electron chi connectivity index (χ1n) is 6.50. The van der Waals surface area contributed by atoms with E-state index in [0.717, 1.165) is 11.3 Å². The maximum absolute atomic E-state index is 13.7. The fraction of sp³-hybridized carbons (Fsp3) is 0.267. The maximum atomic E-state index is 13.7. The molecule has 21 heavy (non-hydrogen) atoms. The van der Waals surface area contributed by atoms with Gasteiger partial charge in [-0.05, 0) is 49.0 Å². The maximum Gasteiger partial charge on any atom is 0.167 e. The Kier molecular flexibility index (Phi) is 5.16. The summed E-state index contributed by atoms with van der Waals surface area (Å²) < 4.78 is 23.8. The number of furan rings is 1. The molecule has 2 rings (SSSR count). The zero-order valence-corrected chi connectivity index (χ0v) is 12.7. The van der Waals surface area contributed by atoms with Gasteiger partial charge < -0.3 is 19.8 Å². The predicted molar refractivity (Wildman–Crippen MR) is 82.6 cm³/mol. The van der Waals surface area contributed by atoms with Gasteiger partial charge in [-0.2, -0.15) is 0 Å². The van der Waals surface area contributed by atoms with E-state index in [0.29, 0.717) is 11.7 Å². The summed E-state index contributed by atoms with van der Waals surface area (Å²) in [4.78, 5) is 0. The van der Waals surface area contributed by atoms with Crippen molar-refractivity contribution in [3.05, 3.63) is 53.7 Å². The van der Waals surface area contributed by atoms with Crippen LogP contribution in [0.3, 0.4) is 0 Å². The fourth-order valence-electron chi connectivity index (χ4n) is 1.86. The molecule has 6 heteroatoms. The first-order chi connectivity index (χ1) is 10.1. The average molecular weight is 308 g/mol. The summed E-state index contributed by atoms with van der Waals surface area (Å²) in [5, 5.41) is 6.61. The van der Waals surface area contributed by atoms with Gasteiger partial charge in [0.15, 0.2) is 16.7 Å². The van der Waals surface area contributed by atoms with Crippen molar-refractivity contribution < 1.29 is 13.5 Å². The summed E-state index contributed by atoms with van der Waals surface area (Å²) in [7, 11) is 1.44. The Balaban J connectivity index is 1.89. The van der Waals surface area contributed by atoms with Crippen LogP contribution in [0.4, 0.5) is 4.39 Å². The van der Waals surface area contributed by atoms with Gasteiger partial charge in [-0.25, -0.2) is 4.39 Å². The van der Waals surface area contributed by atoms with Crippen LogP contribution in [0.15, 0.2) is 41.0 Å². The van der Waals surface area contributed by atoms with E-state index in [1.54, 1.807) is 18.4 Å². The lowest BCUT2D eigenvalue weighted by atomic mass is 10.1. The summed E-state index contributed by atoms with van der Waals surface area (Å²) >= 11 is 5.20. The van der Waals surface area contributed by atoms with Gasteiger partial charge in [0, 0.05) is 0 Å². The molecule has 2 aromatic rings. The molecule has 0 saturated carbocycles. The van der Waals surface area contributed by atoms with Gasteiger partial charge in [0.05, 0.1) is 26.0 Å². The van der Waals surface area contributed by atoms with Gasteiger partial charge >= 0.3 is 0 Å². The molecule has 0 aliphatic rings. The Labute approximate surface area is 128 Å². The van der Waals surface area contributed by atoms with Crippen LogP contribution >= 0.6 is 12.2 Å². The molecule has 0 aliphatic carbocycles. The second-order valence-electron chi connectivity index (χ2n) is 4.52. The lowest BCUT2D eigenvalue weighted by molar-refractivity contribution is 0.386. The quantitative estimate of drug-likeness (QED) is 0.831. The Bertz CT molecular complexity index is 602. The molecule has 4 nitrogen and oxygen atoms in total. The number of hydrogen-bond donors (Lipinski definition) is 2. The van der Waals surface area contributed by atoms with E-state index in [9.17, 15) is 4.39 Å². The van der Waals surface area contributed by atoms with Crippen molar-refractivity contribution in [2.45, 2.75) is 19.5 Å². The molecule has 0 amide bonds. The SMILES string of the molecule is COc1ccc([C@@H](C)NC(=S)NCc2ccco2)cc1F. The number of nitrogens with one attached hydrogen (secondary N) is 2. The number of halogens is 1. The molecular formula is C15H17FN2O2S. The second kappa shape index (κ2) is 7.08. The van der Waals surface area contributed by atoms with Crippen LogP contribution in [0, 0.1) is 5.82 Å². The molecule has 1 aromatic heterocycles. The Hall–Kier alpha value is -2.08. The number of rotatable bonds is 5. The van der Waals surface area contributed by atoms with Crippen molar-refractivity contribution in [2.75, 3.05) is 7.11 Å². The smallest absolute Gasteiger partial charge is 0.167 e. The molecular weight excluding hydrogens is 291 g/mol. The van der Waals surface area contributed by atoms with Gasteiger partial charge in [0.25, 0.3) is 0 Å². The van der Waals surface area contributed by atoms with E-state index in [1.165, 1.54) is 13.2 Å². The highest BCUT2D eigenvalue weighted by Gasteiger charge is 2.10. The Morgan fingerprint density at radius 1 is 1.43 bits per heavy atom. The summed E-state index contributed by atoms with van der Waals surface area (Å²) in [5.74, 6) is 0.630. The summed E-state index contributed by atoms with van der Waals surface area (Å²) in [6, 6.07) is 8.39. The van der Waals surface area contributed by atoms with E-state index >= 15 is 0 Å². The fourth-order valence-corrected chi connectivity index (χ4v) is 2.11. The van der Waals surface area contributed by atoms with Crippen molar-refractivity contribution >= 4 is 17.3 Å². The summed E-state index contributed by atoms with van der Waals surface area (Å²) in [5.41, 5.74) is 0.787. The van der Waals surface area contributed by atoms with E-state index in [4.69, 9.17) is 21.4 Å². The molecule has 1 aromatic carbocycles. The third-order valence-corrected chi connectivity index (χ3v) is 3.29. The van der Waals surface area contributed by atoms with Crippen molar-refractivity contribution in [2.24, 2.45) is 0 Å². The largest absolute Gasteiger partial charge is 0.494 e. The number of ether oxygens (including phenoxy) is 1. The minimum Gasteiger partial charge on any atom is -0.494 e. The van der Waals surface area contributed by atoms with Crippen LogP contribution in [-0.4, -0.2) is 12.2 Å². The summed E-state index contributed by atoms with van der Waals surface area (Å²) in [6.07, 6.45) is 1.61. The van der Waals surface area contributed by atoms with Gasteiger partial charge in [0.2, 0.25) is 0 Å². The lowest BCUT2D eigenvalue weighted by Gasteiger charge is -2.17. The number of hydrogen-bond acceptors (Lipinski definition) is 3. The average Bonchev–Trinajstić information content (AvgIpc) is 2.98. The van der Waals surface area contributed by atoms with Crippen LogP contribution in [-0.2, 0) is 6.54 Å². The molecule has 0 fully saturated rings. The minimum absolute atomic E-state index is 0.123. The highest BCUT2D eigenvalue weighted by molar-refractivity contribution is 7.80. The first-order valence-corrected chi connectivity index (χ1v) is 6.91. The molecule has 0 bridgehead atoms. The van der Waals surface area contributed by atoms with E-state index < -0.39 is 5.82 Å². The summed E-state index contributed by atoms with van der Waals surface area (Å²) in [6.45, 7) is 2.41. The van der Waals surface area contributed by atoms with Gasteiger partial charge in [-0.3, -0.25) is 0 Å². The van der Waals surface area contributed by atoms with Crippen molar-refractivity contribution in [1.82, 2.24) is 10.6 Å². The molecule has 0 radical (unpaired) electrons. The monoisotopic (exact) mass is 308 g/mol. The molecule has 2 N–H and O–H groups in total. The van der Waals surface area contributed by atoms with E-state index in [1.807, 2.05) is 19.1 Å². The first kappa shape index (κ1) is 15.3.